The summed E-state index contributed by atoms with van der Waals surface area (Å²) in [6, 6.07) is 4.25. The Morgan fingerprint density at radius 2 is 2.10 bits per heavy atom. The summed E-state index contributed by atoms with van der Waals surface area (Å²) in [5.41, 5.74) is 0.769. The van der Waals surface area contributed by atoms with Crippen molar-refractivity contribution in [2.24, 2.45) is 5.92 Å². The second kappa shape index (κ2) is 8.24. The number of urea groups is 1. The van der Waals surface area contributed by atoms with Crippen LogP contribution >= 0.6 is 0 Å². The standard InChI is InChI=1S/C15H23N3O3/c1-4-18(10-12-7-5-6-8-16-12)15(21)17-13(14(19)20)9-11(2)3/h5-8,11,13H,4,9-10H2,1-3H3,(H,17,21)(H,19,20). The summed E-state index contributed by atoms with van der Waals surface area (Å²) in [4.78, 5) is 29.1. The van der Waals surface area contributed by atoms with E-state index >= 15 is 0 Å². The quantitative estimate of drug-likeness (QED) is 0.806. The van der Waals surface area contributed by atoms with Crippen molar-refractivity contribution in [1.82, 2.24) is 15.2 Å². The first-order valence-corrected chi connectivity index (χ1v) is 7.12. The zero-order valence-corrected chi connectivity index (χ0v) is 12.7. The van der Waals surface area contributed by atoms with Crippen LogP contribution in [0, 0.1) is 5.92 Å². The molecule has 21 heavy (non-hydrogen) atoms. The second-order valence-corrected chi connectivity index (χ2v) is 5.31. The summed E-state index contributed by atoms with van der Waals surface area (Å²) in [6.07, 6.45) is 2.07. The van der Waals surface area contributed by atoms with E-state index in [1.165, 1.54) is 0 Å². The number of hydrogen-bond donors (Lipinski definition) is 2. The van der Waals surface area contributed by atoms with Gasteiger partial charge in [0.1, 0.15) is 6.04 Å². The molecule has 6 nitrogen and oxygen atoms in total. The molecule has 1 heterocycles. The Morgan fingerprint density at radius 3 is 2.57 bits per heavy atom. The molecule has 116 valence electrons. The van der Waals surface area contributed by atoms with Crippen LogP contribution in [-0.2, 0) is 11.3 Å². The lowest BCUT2D eigenvalue weighted by molar-refractivity contribution is -0.139. The Morgan fingerprint density at radius 1 is 1.38 bits per heavy atom. The summed E-state index contributed by atoms with van der Waals surface area (Å²) >= 11 is 0. The first-order chi connectivity index (χ1) is 9.93. The van der Waals surface area contributed by atoms with Crippen molar-refractivity contribution in [3.63, 3.8) is 0 Å². The van der Waals surface area contributed by atoms with Gasteiger partial charge in [-0.3, -0.25) is 4.98 Å². The Kier molecular flexibility index (Phi) is 6.65. The zero-order chi connectivity index (χ0) is 15.8. The first-order valence-electron chi connectivity index (χ1n) is 7.12. The third kappa shape index (κ3) is 5.81. The number of pyridine rings is 1. The van der Waals surface area contributed by atoms with E-state index in [1.807, 2.05) is 39.0 Å². The van der Waals surface area contributed by atoms with Gasteiger partial charge in [0.15, 0.2) is 0 Å². The minimum atomic E-state index is -1.01. The molecule has 1 rings (SSSR count). The third-order valence-corrected chi connectivity index (χ3v) is 3.05. The lowest BCUT2D eigenvalue weighted by Gasteiger charge is -2.24. The average Bonchev–Trinajstić information content (AvgIpc) is 2.44. The van der Waals surface area contributed by atoms with Crippen molar-refractivity contribution in [3.8, 4) is 0 Å². The van der Waals surface area contributed by atoms with Crippen LogP contribution < -0.4 is 5.32 Å². The Hall–Kier alpha value is -2.11. The molecule has 1 unspecified atom stereocenters. The second-order valence-electron chi connectivity index (χ2n) is 5.31. The van der Waals surface area contributed by atoms with Gasteiger partial charge in [-0.1, -0.05) is 19.9 Å². The van der Waals surface area contributed by atoms with Gasteiger partial charge in [-0.05, 0) is 31.4 Å². The highest BCUT2D eigenvalue weighted by molar-refractivity contribution is 5.82. The van der Waals surface area contributed by atoms with E-state index in [2.05, 4.69) is 10.3 Å². The predicted octanol–water partition coefficient (Wildman–Crippen LogP) is 2.11. The molecular formula is C15H23N3O3. The molecule has 1 atom stereocenters. The fraction of sp³-hybridized carbons (Fsp3) is 0.533. The Bertz CT molecular complexity index is 462. The molecule has 0 aliphatic heterocycles. The van der Waals surface area contributed by atoms with Crippen LogP contribution in [0.25, 0.3) is 0 Å². The van der Waals surface area contributed by atoms with Gasteiger partial charge in [-0.25, -0.2) is 9.59 Å². The Labute approximate surface area is 125 Å². The number of nitrogens with one attached hydrogen (secondary N) is 1. The van der Waals surface area contributed by atoms with Gasteiger partial charge in [-0.2, -0.15) is 0 Å². The predicted molar refractivity (Wildman–Crippen MR) is 79.7 cm³/mol. The van der Waals surface area contributed by atoms with E-state index in [-0.39, 0.29) is 11.9 Å². The van der Waals surface area contributed by atoms with Crippen LogP contribution in [-0.4, -0.2) is 39.6 Å². The van der Waals surface area contributed by atoms with Crippen LogP contribution in [0.3, 0.4) is 0 Å². The van der Waals surface area contributed by atoms with Gasteiger partial charge in [0.05, 0.1) is 12.2 Å². The van der Waals surface area contributed by atoms with Crippen molar-refractivity contribution >= 4 is 12.0 Å². The fourth-order valence-electron chi connectivity index (χ4n) is 1.95. The molecule has 0 fully saturated rings. The maximum Gasteiger partial charge on any atom is 0.326 e. The lowest BCUT2D eigenvalue weighted by Crippen LogP contribution is -2.48. The SMILES string of the molecule is CCN(Cc1ccccn1)C(=O)NC(CC(C)C)C(=O)O. The minimum Gasteiger partial charge on any atom is -0.480 e. The summed E-state index contributed by atoms with van der Waals surface area (Å²) < 4.78 is 0. The number of nitrogens with zero attached hydrogens (tertiary/aromatic N) is 2. The first kappa shape index (κ1) is 16.9. The number of carbonyl (C=O) groups is 2. The monoisotopic (exact) mass is 293 g/mol. The van der Waals surface area contributed by atoms with Crippen molar-refractivity contribution in [3.05, 3.63) is 30.1 Å². The van der Waals surface area contributed by atoms with Gasteiger partial charge in [-0.15, -0.1) is 0 Å². The van der Waals surface area contributed by atoms with Crippen molar-refractivity contribution < 1.29 is 14.7 Å². The number of hydrogen-bond acceptors (Lipinski definition) is 3. The van der Waals surface area contributed by atoms with Gasteiger partial charge in [0.25, 0.3) is 0 Å². The smallest absolute Gasteiger partial charge is 0.326 e. The lowest BCUT2D eigenvalue weighted by atomic mass is 10.0. The Balaban J connectivity index is 2.67. The average molecular weight is 293 g/mol. The van der Waals surface area contributed by atoms with E-state index in [4.69, 9.17) is 5.11 Å². The number of carbonyl (C=O) groups excluding carboxylic acids is 1. The molecule has 0 bridgehead atoms. The molecular weight excluding hydrogens is 270 g/mol. The number of carboxylic acid groups (broad SMARTS) is 1. The van der Waals surface area contributed by atoms with E-state index in [0.717, 1.165) is 5.69 Å². The summed E-state index contributed by atoms with van der Waals surface area (Å²) in [5.74, 6) is -0.816. The third-order valence-electron chi connectivity index (χ3n) is 3.05. The number of aromatic nitrogens is 1. The molecule has 0 radical (unpaired) electrons. The van der Waals surface area contributed by atoms with Crippen molar-refractivity contribution in [1.29, 1.82) is 0 Å². The summed E-state index contributed by atoms with van der Waals surface area (Å²) in [6.45, 7) is 6.54. The van der Waals surface area contributed by atoms with Crippen LogP contribution in [0.15, 0.2) is 24.4 Å². The normalized spacial score (nSPS) is 12.0. The van der Waals surface area contributed by atoms with Gasteiger partial charge >= 0.3 is 12.0 Å². The topological polar surface area (TPSA) is 82.5 Å². The van der Waals surface area contributed by atoms with E-state index in [9.17, 15) is 9.59 Å². The molecule has 0 spiro atoms. The minimum absolute atomic E-state index is 0.192. The van der Waals surface area contributed by atoms with Gasteiger partial charge in [0, 0.05) is 12.7 Å². The number of aliphatic carboxylic acids is 1. The molecule has 0 saturated heterocycles. The van der Waals surface area contributed by atoms with E-state index in [1.54, 1.807) is 11.1 Å². The van der Waals surface area contributed by atoms with Crippen LogP contribution in [0.2, 0.25) is 0 Å². The highest BCUT2D eigenvalue weighted by Gasteiger charge is 2.23. The number of carboxylic acids is 1. The van der Waals surface area contributed by atoms with Crippen LogP contribution in [0.1, 0.15) is 32.9 Å². The molecule has 0 aromatic carbocycles. The van der Waals surface area contributed by atoms with E-state index < -0.39 is 12.0 Å². The van der Waals surface area contributed by atoms with E-state index in [0.29, 0.717) is 19.5 Å². The van der Waals surface area contributed by atoms with Crippen LogP contribution in [0.5, 0.6) is 0 Å². The summed E-state index contributed by atoms with van der Waals surface area (Å²) in [5, 5.41) is 11.7. The molecule has 0 saturated carbocycles. The van der Waals surface area contributed by atoms with Crippen LogP contribution in [0.4, 0.5) is 4.79 Å². The zero-order valence-electron chi connectivity index (χ0n) is 12.7. The highest BCUT2D eigenvalue weighted by Crippen LogP contribution is 2.07. The molecule has 2 N–H and O–H groups in total. The maximum atomic E-state index is 12.2. The number of amides is 2. The molecule has 1 aromatic heterocycles. The largest absolute Gasteiger partial charge is 0.480 e. The molecule has 6 heteroatoms. The molecule has 2 amide bonds. The van der Waals surface area contributed by atoms with Crippen molar-refractivity contribution in [2.45, 2.75) is 39.8 Å². The summed E-state index contributed by atoms with van der Waals surface area (Å²) in [7, 11) is 0. The maximum absolute atomic E-state index is 12.2. The molecule has 0 aliphatic carbocycles. The van der Waals surface area contributed by atoms with Gasteiger partial charge < -0.3 is 15.3 Å². The van der Waals surface area contributed by atoms with Gasteiger partial charge in [0.2, 0.25) is 0 Å². The number of rotatable bonds is 7. The highest BCUT2D eigenvalue weighted by atomic mass is 16.4. The fourth-order valence-corrected chi connectivity index (χ4v) is 1.95. The van der Waals surface area contributed by atoms with Crippen molar-refractivity contribution in [2.75, 3.05) is 6.54 Å². The molecule has 1 aromatic rings. The molecule has 0 aliphatic rings.